The minimum absolute atomic E-state index is 0.209. The number of rotatable bonds is 4. The van der Waals surface area contributed by atoms with Crippen LogP contribution in [0.3, 0.4) is 0 Å². The molecule has 3 rings (SSSR count). The van der Waals surface area contributed by atoms with Crippen LogP contribution in [0, 0.1) is 0 Å². The third-order valence-corrected chi connectivity index (χ3v) is 3.44. The van der Waals surface area contributed by atoms with Gasteiger partial charge in [-0.3, -0.25) is 0 Å². The molecule has 0 amide bonds. The Bertz CT molecular complexity index is 833. The molecule has 23 heavy (non-hydrogen) atoms. The molecule has 6 heteroatoms. The standard InChI is InChI=1S/C17H12ClN3O2/c18-13-6-4-11(5-7-13)15-8-9-16(21-20-15)19-14-3-1-2-12(10-14)17(22)23/h1-10H,(H,19,21)(H,22,23). The van der Waals surface area contributed by atoms with Crippen molar-refractivity contribution in [3.63, 3.8) is 0 Å². The molecule has 0 aliphatic rings. The largest absolute Gasteiger partial charge is 0.478 e. The number of halogens is 1. The van der Waals surface area contributed by atoms with Gasteiger partial charge in [0.2, 0.25) is 0 Å². The molecule has 0 saturated heterocycles. The Balaban J connectivity index is 1.78. The van der Waals surface area contributed by atoms with E-state index in [2.05, 4.69) is 15.5 Å². The fourth-order valence-electron chi connectivity index (χ4n) is 2.05. The molecular weight excluding hydrogens is 314 g/mol. The number of anilines is 2. The minimum Gasteiger partial charge on any atom is -0.478 e. The van der Waals surface area contributed by atoms with Crippen molar-refractivity contribution < 1.29 is 9.90 Å². The number of carboxylic acids is 1. The smallest absolute Gasteiger partial charge is 0.335 e. The Kier molecular flexibility index (Phi) is 4.21. The number of aromatic nitrogens is 2. The summed E-state index contributed by atoms with van der Waals surface area (Å²) in [4.78, 5) is 11.0. The zero-order valence-corrected chi connectivity index (χ0v) is 12.7. The zero-order valence-electron chi connectivity index (χ0n) is 11.9. The number of nitrogens with one attached hydrogen (secondary N) is 1. The van der Waals surface area contributed by atoms with E-state index in [4.69, 9.17) is 16.7 Å². The monoisotopic (exact) mass is 325 g/mol. The highest BCUT2D eigenvalue weighted by atomic mass is 35.5. The molecule has 0 aliphatic heterocycles. The van der Waals surface area contributed by atoms with E-state index in [1.807, 2.05) is 18.2 Å². The summed E-state index contributed by atoms with van der Waals surface area (Å²) in [6, 6.07) is 17.4. The first-order valence-electron chi connectivity index (χ1n) is 6.82. The van der Waals surface area contributed by atoms with Crippen molar-refractivity contribution in [1.29, 1.82) is 0 Å². The fourth-order valence-corrected chi connectivity index (χ4v) is 2.18. The number of hydrogen-bond acceptors (Lipinski definition) is 4. The average molecular weight is 326 g/mol. The zero-order chi connectivity index (χ0) is 16.2. The number of aromatic carboxylic acids is 1. The van der Waals surface area contributed by atoms with Gasteiger partial charge in [-0.15, -0.1) is 10.2 Å². The van der Waals surface area contributed by atoms with Gasteiger partial charge in [-0.2, -0.15) is 0 Å². The van der Waals surface area contributed by atoms with Crippen LogP contribution in [0.15, 0.2) is 60.7 Å². The van der Waals surface area contributed by atoms with Gasteiger partial charge < -0.3 is 10.4 Å². The van der Waals surface area contributed by atoms with Gasteiger partial charge in [0.05, 0.1) is 11.3 Å². The topological polar surface area (TPSA) is 75.1 Å². The highest BCUT2D eigenvalue weighted by molar-refractivity contribution is 6.30. The first-order valence-corrected chi connectivity index (χ1v) is 7.20. The van der Waals surface area contributed by atoms with Gasteiger partial charge in [0.25, 0.3) is 0 Å². The maximum Gasteiger partial charge on any atom is 0.335 e. The number of hydrogen-bond donors (Lipinski definition) is 2. The third-order valence-electron chi connectivity index (χ3n) is 3.19. The van der Waals surface area contributed by atoms with E-state index in [0.717, 1.165) is 11.3 Å². The van der Waals surface area contributed by atoms with Crippen LogP contribution in [0.2, 0.25) is 5.02 Å². The van der Waals surface area contributed by atoms with E-state index in [1.54, 1.807) is 30.3 Å². The van der Waals surface area contributed by atoms with Crippen LogP contribution < -0.4 is 5.32 Å². The third kappa shape index (κ3) is 3.64. The van der Waals surface area contributed by atoms with E-state index in [-0.39, 0.29) is 5.56 Å². The summed E-state index contributed by atoms with van der Waals surface area (Å²) in [7, 11) is 0. The molecular formula is C17H12ClN3O2. The first-order chi connectivity index (χ1) is 11.1. The molecule has 0 fully saturated rings. The maximum absolute atomic E-state index is 11.0. The molecule has 114 valence electrons. The van der Waals surface area contributed by atoms with Gasteiger partial charge in [0.15, 0.2) is 5.82 Å². The molecule has 0 spiro atoms. The Morgan fingerprint density at radius 3 is 2.43 bits per heavy atom. The number of carbonyl (C=O) groups is 1. The summed E-state index contributed by atoms with van der Waals surface area (Å²) >= 11 is 5.86. The van der Waals surface area contributed by atoms with Crippen LogP contribution in [0.1, 0.15) is 10.4 Å². The van der Waals surface area contributed by atoms with Crippen LogP contribution in [-0.4, -0.2) is 21.3 Å². The number of benzene rings is 2. The van der Waals surface area contributed by atoms with Crippen molar-refractivity contribution in [2.75, 3.05) is 5.32 Å². The summed E-state index contributed by atoms with van der Waals surface area (Å²) in [6.45, 7) is 0. The van der Waals surface area contributed by atoms with Crippen molar-refractivity contribution in [3.8, 4) is 11.3 Å². The number of nitrogens with zero attached hydrogens (tertiary/aromatic N) is 2. The number of carboxylic acid groups (broad SMARTS) is 1. The van der Waals surface area contributed by atoms with Gasteiger partial charge in [0, 0.05) is 16.3 Å². The Morgan fingerprint density at radius 1 is 1.00 bits per heavy atom. The van der Waals surface area contributed by atoms with Crippen LogP contribution in [-0.2, 0) is 0 Å². The predicted octanol–water partition coefficient (Wildman–Crippen LogP) is 4.24. The molecule has 2 aromatic carbocycles. The van der Waals surface area contributed by atoms with Crippen molar-refractivity contribution in [1.82, 2.24) is 10.2 Å². The lowest BCUT2D eigenvalue weighted by Crippen LogP contribution is -1.99. The molecule has 0 radical (unpaired) electrons. The van der Waals surface area contributed by atoms with Gasteiger partial charge in [-0.05, 0) is 42.5 Å². The minimum atomic E-state index is -0.974. The van der Waals surface area contributed by atoms with E-state index >= 15 is 0 Å². The van der Waals surface area contributed by atoms with Gasteiger partial charge >= 0.3 is 5.97 Å². The predicted molar refractivity (Wildman–Crippen MR) is 89.2 cm³/mol. The summed E-state index contributed by atoms with van der Waals surface area (Å²) in [5.74, 6) is -0.442. The lowest BCUT2D eigenvalue weighted by atomic mass is 10.1. The molecule has 5 nitrogen and oxygen atoms in total. The summed E-state index contributed by atoms with van der Waals surface area (Å²) in [5.41, 5.74) is 2.49. The van der Waals surface area contributed by atoms with Crippen LogP contribution in [0.4, 0.5) is 11.5 Å². The van der Waals surface area contributed by atoms with Crippen molar-refractivity contribution in [3.05, 3.63) is 71.2 Å². The van der Waals surface area contributed by atoms with Gasteiger partial charge in [-0.25, -0.2) is 4.79 Å². The normalized spacial score (nSPS) is 10.3. The summed E-state index contributed by atoms with van der Waals surface area (Å²) < 4.78 is 0. The second-order valence-corrected chi connectivity index (χ2v) is 5.26. The summed E-state index contributed by atoms with van der Waals surface area (Å²) in [5, 5.41) is 21.0. The molecule has 0 saturated carbocycles. The molecule has 0 unspecified atom stereocenters. The van der Waals surface area contributed by atoms with E-state index in [1.165, 1.54) is 12.1 Å². The van der Waals surface area contributed by atoms with E-state index in [0.29, 0.717) is 16.5 Å². The molecule has 1 aromatic heterocycles. The summed E-state index contributed by atoms with van der Waals surface area (Å²) in [6.07, 6.45) is 0. The quantitative estimate of drug-likeness (QED) is 0.750. The molecule has 0 bridgehead atoms. The second kappa shape index (κ2) is 6.46. The van der Waals surface area contributed by atoms with Crippen LogP contribution >= 0.6 is 11.6 Å². The first kappa shape index (κ1) is 15.0. The van der Waals surface area contributed by atoms with Crippen molar-refractivity contribution in [2.45, 2.75) is 0 Å². The molecule has 2 N–H and O–H groups in total. The fraction of sp³-hybridized carbons (Fsp3) is 0. The molecule has 0 aliphatic carbocycles. The van der Waals surface area contributed by atoms with Gasteiger partial charge in [0.1, 0.15) is 0 Å². The van der Waals surface area contributed by atoms with Crippen molar-refractivity contribution in [2.24, 2.45) is 0 Å². The Labute approximate surface area is 137 Å². The maximum atomic E-state index is 11.0. The van der Waals surface area contributed by atoms with E-state index < -0.39 is 5.97 Å². The highest BCUT2D eigenvalue weighted by Crippen LogP contribution is 2.21. The van der Waals surface area contributed by atoms with Crippen LogP contribution in [0.5, 0.6) is 0 Å². The SMILES string of the molecule is O=C(O)c1cccc(Nc2ccc(-c3ccc(Cl)cc3)nn2)c1. The van der Waals surface area contributed by atoms with Gasteiger partial charge in [-0.1, -0.05) is 29.8 Å². The molecule has 3 aromatic rings. The average Bonchev–Trinajstić information content (AvgIpc) is 2.57. The second-order valence-electron chi connectivity index (χ2n) is 4.82. The molecule has 0 atom stereocenters. The highest BCUT2D eigenvalue weighted by Gasteiger charge is 2.05. The lowest BCUT2D eigenvalue weighted by molar-refractivity contribution is 0.0697. The Morgan fingerprint density at radius 2 is 1.78 bits per heavy atom. The van der Waals surface area contributed by atoms with Crippen molar-refractivity contribution >= 4 is 29.1 Å². The molecule has 1 heterocycles. The Hall–Kier alpha value is -2.92. The van der Waals surface area contributed by atoms with E-state index in [9.17, 15) is 4.79 Å². The lowest BCUT2D eigenvalue weighted by Gasteiger charge is -2.06. The van der Waals surface area contributed by atoms with Crippen LogP contribution in [0.25, 0.3) is 11.3 Å².